The number of amides is 3. The van der Waals surface area contributed by atoms with E-state index in [1.54, 1.807) is 0 Å². The number of imide groups is 1. The van der Waals surface area contributed by atoms with Gasteiger partial charge in [-0.1, -0.05) is 25.0 Å². The molecule has 7 nitrogen and oxygen atoms in total. The van der Waals surface area contributed by atoms with E-state index in [2.05, 4.69) is 5.32 Å². The highest BCUT2D eigenvalue weighted by atomic mass is 16.5. The second kappa shape index (κ2) is 7.15. The predicted molar refractivity (Wildman–Crippen MR) is 83.4 cm³/mol. The van der Waals surface area contributed by atoms with Gasteiger partial charge in [-0.15, -0.1) is 0 Å². The summed E-state index contributed by atoms with van der Waals surface area (Å²) in [6.45, 7) is -0.790. The minimum absolute atomic E-state index is 0.161. The van der Waals surface area contributed by atoms with Gasteiger partial charge in [-0.05, 0) is 25.7 Å². The maximum atomic E-state index is 12.2. The zero-order valence-corrected chi connectivity index (χ0v) is 13.5. The minimum Gasteiger partial charge on any atom is -0.454 e. The summed E-state index contributed by atoms with van der Waals surface area (Å²) in [5.41, 5.74) is 0. The SMILES string of the molecule is O=C(COC(=O)CN1C(=O)[C@H]2CC=CC[C@H]2C1=O)NC1CCCC1. The molecule has 0 spiro atoms. The number of hydrogen-bond acceptors (Lipinski definition) is 5. The second-order valence-electron chi connectivity index (χ2n) is 6.63. The highest BCUT2D eigenvalue weighted by Gasteiger charge is 2.47. The number of carbonyl (C=O) groups is 4. The van der Waals surface area contributed by atoms with Gasteiger partial charge in [-0.3, -0.25) is 24.1 Å². The Labute approximate surface area is 140 Å². The van der Waals surface area contributed by atoms with Gasteiger partial charge in [-0.25, -0.2) is 0 Å². The smallest absolute Gasteiger partial charge is 0.326 e. The molecule has 0 bridgehead atoms. The van der Waals surface area contributed by atoms with Crippen LogP contribution in [-0.2, 0) is 23.9 Å². The molecule has 2 fully saturated rings. The Morgan fingerprint density at radius 1 is 1.08 bits per heavy atom. The van der Waals surface area contributed by atoms with Crippen LogP contribution in [0.2, 0.25) is 0 Å². The first-order valence-corrected chi connectivity index (χ1v) is 8.51. The molecular weight excluding hydrogens is 312 g/mol. The van der Waals surface area contributed by atoms with Gasteiger partial charge in [0.2, 0.25) is 11.8 Å². The summed E-state index contributed by atoms with van der Waals surface area (Å²) in [5, 5.41) is 2.81. The van der Waals surface area contributed by atoms with Crippen molar-refractivity contribution < 1.29 is 23.9 Å². The van der Waals surface area contributed by atoms with Gasteiger partial charge in [0.1, 0.15) is 6.54 Å². The molecule has 7 heteroatoms. The molecule has 1 saturated carbocycles. The lowest BCUT2D eigenvalue weighted by Crippen LogP contribution is -2.39. The topological polar surface area (TPSA) is 92.8 Å². The van der Waals surface area contributed by atoms with Gasteiger partial charge in [0.25, 0.3) is 5.91 Å². The third kappa shape index (κ3) is 3.49. The molecule has 0 aromatic carbocycles. The van der Waals surface area contributed by atoms with Crippen LogP contribution in [0.3, 0.4) is 0 Å². The molecule has 2 aliphatic carbocycles. The lowest BCUT2D eigenvalue weighted by atomic mass is 9.85. The van der Waals surface area contributed by atoms with Crippen LogP contribution in [0, 0.1) is 11.8 Å². The molecule has 0 radical (unpaired) electrons. The van der Waals surface area contributed by atoms with E-state index in [0.717, 1.165) is 30.6 Å². The Kier molecular flexibility index (Phi) is 4.97. The van der Waals surface area contributed by atoms with Crippen molar-refractivity contribution in [3.05, 3.63) is 12.2 Å². The maximum Gasteiger partial charge on any atom is 0.326 e. The van der Waals surface area contributed by atoms with E-state index < -0.39 is 12.5 Å². The first-order valence-electron chi connectivity index (χ1n) is 8.51. The summed E-state index contributed by atoms with van der Waals surface area (Å²) in [4.78, 5) is 49.1. The van der Waals surface area contributed by atoms with Crippen molar-refractivity contribution in [3.8, 4) is 0 Å². The lowest BCUT2D eigenvalue weighted by Gasteiger charge is -2.15. The minimum atomic E-state index is -0.732. The fourth-order valence-electron chi connectivity index (χ4n) is 3.69. The van der Waals surface area contributed by atoms with E-state index >= 15 is 0 Å². The van der Waals surface area contributed by atoms with Crippen molar-refractivity contribution in [1.29, 1.82) is 0 Å². The summed E-state index contributed by atoms with van der Waals surface area (Å²) in [5.74, 6) is -2.43. The van der Waals surface area contributed by atoms with Crippen molar-refractivity contribution in [2.45, 2.75) is 44.6 Å². The van der Waals surface area contributed by atoms with E-state index in [1.165, 1.54) is 0 Å². The molecule has 1 aliphatic heterocycles. The van der Waals surface area contributed by atoms with Crippen LogP contribution in [-0.4, -0.2) is 47.8 Å². The van der Waals surface area contributed by atoms with Crippen molar-refractivity contribution in [2.24, 2.45) is 11.8 Å². The average Bonchev–Trinajstić information content (AvgIpc) is 3.16. The molecule has 3 amide bonds. The van der Waals surface area contributed by atoms with E-state index in [9.17, 15) is 19.2 Å². The van der Waals surface area contributed by atoms with Gasteiger partial charge in [0, 0.05) is 6.04 Å². The van der Waals surface area contributed by atoms with Crippen LogP contribution < -0.4 is 5.32 Å². The summed E-state index contributed by atoms with van der Waals surface area (Å²) < 4.78 is 4.91. The summed E-state index contributed by atoms with van der Waals surface area (Å²) >= 11 is 0. The summed E-state index contributed by atoms with van der Waals surface area (Å²) in [6.07, 6.45) is 8.95. The number of carbonyl (C=O) groups excluding carboxylic acids is 4. The molecule has 1 heterocycles. The number of nitrogens with zero attached hydrogens (tertiary/aromatic N) is 1. The Hall–Kier alpha value is -2.18. The first-order chi connectivity index (χ1) is 11.6. The Morgan fingerprint density at radius 3 is 2.25 bits per heavy atom. The fourth-order valence-corrected chi connectivity index (χ4v) is 3.69. The monoisotopic (exact) mass is 334 g/mol. The number of rotatable bonds is 5. The van der Waals surface area contributed by atoms with Gasteiger partial charge in [-0.2, -0.15) is 0 Å². The third-order valence-electron chi connectivity index (χ3n) is 4.97. The number of hydrogen-bond donors (Lipinski definition) is 1. The molecule has 3 rings (SSSR count). The lowest BCUT2D eigenvalue weighted by molar-refractivity contribution is -0.155. The number of nitrogens with one attached hydrogen (secondary N) is 1. The number of esters is 1. The quantitative estimate of drug-likeness (QED) is 0.450. The van der Waals surface area contributed by atoms with E-state index in [-0.39, 0.29) is 42.2 Å². The van der Waals surface area contributed by atoms with Gasteiger partial charge in [0.05, 0.1) is 11.8 Å². The molecule has 0 aromatic rings. The van der Waals surface area contributed by atoms with Crippen LogP contribution in [0.1, 0.15) is 38.5 Å². The van der Waals surface area contributed by atoms with Crippen molar-refractivity contribution >= 4 is 23.7 Å². The summed E-state index contributed by atoms with van der Waals surface area (Å²) in [7, 11) is 0. The molecule has 3 aliphatic rings. The highest BCUT2D eigenvalue weighted by Crippen LogP contribution is 2.34. The van der Waals surface area contributed by atoms with Crippen LogP contribution in [0.15, 0.2) is 12.2 Å². The molecule has 1 N–H and O–H groups in total. The molecule has 0 aromatic heterocycles. The number of likely N-dealkylation sites (tertiary alicyclic amines) is 1. The third-order valence-corrected chi connectivity index (χ3v) is 4.97. The standard InChI is InChI=1S/C17H22N2O5/c20-14(18-11-5-1-2-6-11)10-24-15(21)9-19-16(22)12-7-3-4-8-13(12)17(19)23/h3-4,11-13H,1-2,5-10H2,(H,18,20)/t12-,13+. The van der Waals surface area contributed by atoms with Crippen LogP contribution >= 0.6 is 0 Å². The maximum absolute atomic E-state index is 12.2. The molecular formula is C17H22N2O5. The largest absolute Gasteiger partial charge is 0.454 e. The molecule has 1 saturated heterocycles. The Balaban J connectivity index is 1.45. The van der Waals surface area contributed by atoms with Crippen LogP contribution in [0.5, 0.6) is 0 Å². The Morgan fingerprint density at radius 2 is 1.67 bits per heavy atom. The van der Waals surface area contributed by atoms with Crippen molar-refractivity contribution in [1.82, 2.24) is 10.2 Å². The Bertz CT molecular complexity index is 554. The average molecular weight is 334 g/mol. The summed E-state index contributed by atoms with van der Waals surface area (Å²) in [6, 6.07) is 0.161. The molecule has 0 unspecified atom stereocenters. The highest BCUT2D eigenvalue weighted by molar-refractivity contribution is 6.07. The normalized spacial score (nSPS) is 26.6. The molecule has 2 atom stereocenters. The predicted octanol–water partition coefficient (Wildman–Crippen LogP) is 0.540. The molecule has 24 heavy (non-hydrogen) atoms. The number of allylic oxidation sites excluding steroid dienone is 2. The van der Waals surface area contributed by atoms with Crippen molar-refractivity contribution in [3.63, 3.8) is 0 Å². The second-order valence-corrected chi connectivity index (χ2v) is 6.63. The fraction of sp³-hybridized carbons (Fsp3) is 0.647. The van der Waals surface area contributed by atoms with E-state index in [1.807, 2.05) is 12.2 Å². The molecule has 130 valence electrons. The van der Waals surface area contributed by atoms with Crippen LogP contribution in [0.25, 0.3) is 0 Å². The van der Waals surface area contributed by atoms with Gasteiger partial charge >= 0.3 is 5.97 Å². The first kappa shape index (κ1) is 16.7. The van der Waals surface area contributed by atoms with E-state index in [4.69, 9.17) is 4.74 Å². The van der Waals surface area contributed by atoms with Gasteiger partial charge < -0.3 is 10.1 Å². The number of ether oxygens (including phenoxy) is 1. The zero-order chi connectivity index (χ0) is 17.1. The van der Waals surface area contributed by atoms with Crippen LogP contribution in [0.4, 0.5) is 0 Å². The van der Waals surface area contributed by atoms with Gasteiger partial charge in [0.15, 0.2) is 6.61 Å². The van der Waals surface area contributed by atoms with Crippen molar-refractivity contribution in [2.75, 3.05) is 13.2 Å². The zero-order valence-electron chi connectivity index (χ0n) is 13.5. The number of fused-ring (bicyclic) bond motifs is 1. The van der Waals surface area contributed by atoms with E-state index in [0.29, 0.717) is 12.8 Å².